The Bertz CT molecular complexity index is 1000. The maximum Gasteiger partial charge on any atom is 0.234 e. The second-order valence-corrected chi connectivity index (χ2v) is 7.91. The molecule has 1 N–H and O–H groups in total. The number of amides is 1. The van der Waals surface area contributed by atoms with Crippen LogP contribution >= 0.6 is 0 Å². The van der Waals surface area contributed by atoms with Gasteiger partial charge in [-0.25, -0.2) is 4.98 Å². The summed E-state index contributed by atoms with van der Waals surface area (Å²) in [5, 5.41) is 11.3. The first-order chi connectivity index (χ1) is 15.3. The summed E-state index contributed by atoms with van der Waals surface area (Å²) in [5.41, 5.74) is 3.60. The van der Waals surface area contributed by atoms with E-state index in [0.717, 1.165) is 23.2 Å². The van der Waals surface area contributed by atoms with Gasteiger partial charge < -0.3 is 19.3 Å². The van der Waals surface area contributed by atoms with Crippen molar-refractivity contribution in [3.63, 3.8) is 0 Å². The number of aromatic nitrogens is 2. The fraction of sp³-hybridized carbons (Fsp3) is 0.375. The van der Waals surface area contributed by atoms with Crippen molar-refractivity contribution in [3.8, 4) is 17.0 Å². The number of nitrogens with zero attached hydrogens (tertiary/aromatic N) is 4. The minimum absolute atomic E-state index is 0.0596. The van der Waals surface area contributed by atoms with Crippen molar-refractivity contribution in [1.29, 1.82) is 0 Å². The average molecular weight is 439 g/mol. The van der Waals surface area contributed by atoms with E-state index in [1.165, 1.54) is 9.96 Å². The van der Waals surface area contributed by atoms with Gasteiger partial charge in [0.2, 0.25) is 11.8 Å². The van der Waals surface area contributed by atoms with Gasteiger partial charge in [0.15, 0.2) is 0 Å². The number of hydrogen-bond donors (Lipinski definition) is 1. The SMILES string of the molecule is Cc1ccc(CCN(O)CCOc2ccc(-c3coc(C(C)C(=O)N(C)C)n3)cc2)cn1. The number of likely N-dealkylation sites (N-methyl/N-ethyl adjacent to an activating group) is 1. The Hall–Kier alpha value is -3.23. The van der Waals surface area contributed by atoms with Gasteiger partial charge in [0.25, 0.3) is 0 Å². The molecule has 0 radical (unpaired) electrons. The van der Waals surface area contributed by atoms with Crippen LogP contribution in [0.25, 0.3) is 11.3 Å². The zero-order valence-electron chi connectivity index (χ0n) is 19.0. The lowest BCUT2D eigenvalue weighted by atomic mass is 10.1. The molecule has 0 fully saturated rings. The van der Waals surface area contributed by atoms with E-state index in [2.05, 4.69) is 9.97 Å². The molecule has 0 aliphatic carbocycles. The predicted octanol–water partition coefficient (Wildman–Crippen LogP) is 3.55. The Kier molecular flexibility index (Phi) is 7.97. The Morgan fingerprint density at radius 1 is 1.16 bits per heavy atom. The summed E-state index contributed by atoms with van der Waals surface area (Å²) in [4.78, 5) is 22.3. The Morgan fingerprint density at radius 3 is 2.56 bits per heavy atom. The van der Waals surface area contributed by atoms with E-state index in [-0.39, 0.29) is 5.91 Å². The van der Waals surface area contributed by atoms with Gasteiger partial charge >= 0.3 is 0 Å². The molecule has 1 unspecified atom stereocenters. The molecule has 0 aliphatic rings. The summed E-state index contributed by atoms with van der Waals surface area (Å²) in [6.07, 6.45) is 4.11. The molecular formula is C24H30N4O4. The summed E-state index contributed by atoms with van der Waals surface area (Å²) in [6.45, 7) is 4.99. The molecule has 0 aliphatic heterocycles. The quantitative estimate of drug-likeness (QED) is 0.484. The number of carbonyl (C=O) groups is 1. The zero-order chi connectivity index (χ0) is 23.1. The van der Waals surface area contributed by atoms with Crippen LogP contribution in [0, 0.1) is 6.92 Å². The van der Waals surface area contributed by atoms with E-state index in [1.54, 1.807) is 27.3 Å². The maximum absolute atomic E-state index is 12.1. The number of aryl methyl sites for hydroxylation is 1. The molecule has 3 rings (SSSR count). The summed E-state index contributed by atoms with van der Waals surface area (Å²) in [6, 6.07) is 11.4. The highest BCUT2D eigenvalue weighted by atomic mass is 16.5. The van der Waals surface area contributed by atoms with Crippen molar-refractivity contribution in [2.24, 2.45) is 0 Å². The van der Waals surface area contributed by atoms with E-state index in [4.69, 9.17) is 9.15 Å². The number of oxazole rings is 1. The lowest BCUT2D eigenvalue weighted by Crippen LogP contribution is -2.27. The van der Waals surface area contributed by atoms with Crippen molar-refractivity contribution in [2.45, 2.75) is 26.2 Å². The second-order valence-electron chi connectivity index (χ2n) is 7.91. The molecule has 0 spiro atoms. The summed E-state index contributed by atoms with van der Waals surface area (Å²) in [7, 11) is 3.41. The van der Waals surface area contributed by atoms with Crippen LogP contribution in [-0.2, 0) is 11.2 Å². The topological polar surface area (TPSA) is 91.9 Å². The molecular weight excluding hydrogens is 408 g/mol. The van der Waals surface area contributed by atoms with Gasteiger partial charge in [0, 0.05) is 38.1 Å². The van der Waals surface area contributed by atoms with E-state index in [1.807, 2.05) is 49.5 Å². The predicted molar refractivity (Wildman–Crippen MR) is 121 cm³/mol. The van der Waals surface area contributed by atoms with Crippen molar-refractivity contribution >= 4 is 5.91 Å². The zero-order valence-corrected chi connectivity index (χ0v) is 19.0. The van der Waals surface area contributed by atoms with E-state index in [0.29, 0.717) is 37.0 Å². The molecule has 1 amide bonds. The third-order valence-corrected chi connectivity index (χ3v) is 5.10. The van der Waals surface area contributed by atoms with E-state index in [9.17, 15) is 10.0 Å². The molecule has 3 aromatic rings. The van der Waals surface area contributed by atoms with Gasteiger partial charge in [-0.3, -0.25) is 9.78 Å². The monoisotopic (exact) mass is 438 g/mol. The minimum atomic E-state index is -0.440. The fourth-order valence-electron chi connectivity index (χ4n) is 3.12. The van der Waals surface area contributed by atoms with E-state index >= 15 is 0 Å². The van der Waals surface area contributed by atoms with Crippen LogP contribution < -0.4 is 4.74 Å². The standard InChI is InChI=1S/C24H30N4O4/c1-17-5-6-19(15-25-17)11-12-28(30)13-14-31-21-9-7-20(8-10-21)22-16-32-23(26-22)18(2)24(29)27(3)4/h5-10,15-16,18,30H,11-14H2,1-4H3. The summed E-state index contributed by atoms with van der Waals surface area (Å²) in [5.74, 6) is 0.592. The highest BCUT2D eigenvalue weighted by Crippen LogP contribution is 2.25. The molecule has 0 saturated heterocycles. The molecule has 0 saturated carbocycles. The molecule has 170 valence electrons. The van der Waals surface area contributed by atoms with E-state index < -0.39 is 5.92 Å². The first-order valence-electron chi connectivity index (χ1n) is 10.6. The highest BCUT2D eigenvalue weighted by Gasteiger charge is 2.22. The second kappa shape index (κ2) is 10.9. The van der Waals surface area contributed by atoms with Gasteiger partial charge in [-0.15, -0.1) is 0 Å². The number of benzene rings is 1. The Labute approximate surface area is 188 Å². The molecule has 1 atom stereocenters. The normalized spacial score (nSPS) is 12.1. The summed E-state index contributed by atoms with van der Waals surface area (Å²) < 4.78 is 11.2. The highest BCUT2D eigenvalue weighted by molar-refractivity contribution is 5.81. The average Bonchev–Trinajstić information content (AvgIpc) is 3.28. The molecule has 2 aromatic heterocycles. The number of hydrogen-bond acceptors (Lipinski definition) is 7. The Morgan fingerprint density at radius 2 is 1.91 bits per heavy atom. The van der Waals surface area contributed by atoms with Crippen LogP contribution in [0.2, 0.25) is 0 Å². The number of pyridine rings is 1. The molecule has 8 heteroatoms. The smallest absolute Gasteiger partial charge is 0.234 e. The lowest BCUT2D eigenvalue weighted by molar-refractivity contribution is -0.130. The minimum Gasteiger partial charge on any atom is -0.492 e. The van der Waals surface area contributed by atoms with Crippen molar-refractivity contribution in [3.05, 3.63) is 66.0 Å². The van der Waals surface area contributed by atoms with Crippen molar-refractivity contribution in [2.75, 3.05) is 33.8 Å². The first-order valence-corrected chi connectivity index (χ1v) is 10.6. The molecule has 32 heavy (non-hydrogen) atoms. The molecule has 2 heterocycles. The molecule has 1 aromatic carbocycles. The van der Waals surface area contributed by atoms with Crippen LogP contribution in [0.3, 0.4) is 0 Å². The van der Waals surface area contributed by atoms with Gasteiger partial charge in [0.05, 0.1) is 6.54 Å². The summed E-state index contributed by atoms with van der Waals surface area (Å²) >= 11 is 0. The number of ether oxygens (including phenoxy) is 1. The third kappa shape index (κ3) is 6.38. The number of rotatable bonds is 10. The van der Waals surface area contributed by atoms with Crippen molar-refractivity contribution < 1.29 is 19.2 Å². The van der Waals surface area contributed by atoms with Gasteiger partial charge in [-0.1, -0.05) is 6.07 Å². The van der Waals surface area contributed by atoms with Crippen LogP contribution in [0.4, 0.5) is 0 Å². The van der Waals surface area contributed by atoms with Gasteiger partial charge in [0.1, 0.15) is 30.2 Å². The fourth-order valence-corrected chi connectivity index (χ4v) is 3.12. The van der Waals surface area contributed by atoms with Crippen LogP contribution in [0.1, 0.15) is 30.0 Å². The molecule has 0 bridgehead atoms. The van der Waals surface area contributed by atoms with Crippen molar-refractivity contribution in [1.82, 2.24) is 19.9 Å². The lowest BCUT2D eigenvalue weighted by Gasteiger charge is -2.15. The van der Waals surface area contributed by atoms with Gasteiger partial charge in [-0.2, -0.15) is 5.06 Å². The van der Waals surface area contributed by atoms with Crippen LogP contribution in [-0.4, -0.2) is 64.8 Å². The third-order valence-electron chi connectivity index (χ3n) is 5.10. The molecule has 8 nitrogen and oxygen atoms in total. The number of hydroxylamine groups is 2. The van der Waals surface area contributed by atoms with Crippen LogP contribution in [0.5, 0.6) is 5.75 Å². The largest absolute Gasteiger partial charge is 0.492 e. The van der Waals surface area contributed by atoms with Crippen LogP contribution in [0.15, 0.2) is 53.3 Å². The first kappa shape index (κ1) is 23.4. The Balaban J connectivity index is 1.45. The van der Waals surface area contributed by atoms with Gasteiger partial charge in [-0.05, 0) is 56.2 Å². The maximum atomic E-state index is 12.1. The number of carbonyl (C=O) groups excluding carboxylic acids is 1.